The summed E-state index contributed by atoms with van der Waals surface area (Å²) >= 11 is 0. The van der Waals surface area contributed by atoms with Crippen molar-refractivity contribution < 1.29 is 4.42 Å². The maximum absolute atomic E-state index is 5.94. The van der Waals surface area contributed by atoms with E-state index in [1.54, 1.807) is 6.20 Å². The van der Waals surface area contributed by atoms with E-state index in [4.69, 9.17) is 10.2 Å². The molecule has 1 aromatic heterocycles. The van der Waals surface area contributed by atoms with Crippen molar-refractivity contribution in [3.05, 3.63) is 18.4 Å². The van der Waals surface area contributed by atoms with Crippen LogP contribution in [-0.4, -0.2) is 35.9 Å². The average molecular weight is 194 g/mol. The normalized spacial score (nSPS) is 18.4. The van der Waals surface area contributed by atoms with Gasteiger partial charge >= 0.3 is 0 Å². The predicted molar refractivity (Wildman–Crippen MR) is 53.0 cm³/mol. The standard InChI is InChI=1S/C9H14N4O/c1-13-3-2-12-9(13)4-7(10)8-5-11-6-14-8/h5-7H,2-4,10H2,1H3. The minimum atomic E-state index is -0.142. The van der Waals surface area contributed by atoms with Crippen LogP contribution < -0.4 is 5.73 Å². The van der Waals surface area contributed by atoms with Crippen molar-refractivity contribution in [2.45, 2.75) is 12.5 Å². The first-order valence-electron chi connectivity index (χ1n) is 4.66. The van der Waals surface area contributed by atoms with Gasteiger partial charge in [-0.3, -0.25) is 4.99 Å². The summed E-state index contributed by atoms with van der Waals surface area (Å²) < 4.78 is 5.13. The maximum Gasteiger partial charge on any atom is 0.180 e. The molecule has 0 aliphatic carbocycles. The van der Waals surface area contributed by atoms with E-state index in [-0.39, 0.29) is 6.04 Å². The summed E-state index contributed by atoms with van der Waals surface area (Å²) in [5, 5.41) is 0. The van der Waals surface area contributed by atoms with E-state index < -0.39 is 0 Å². The maximum atomic E-state index is 5.94. The van der Waals surface area contributed by atoms with Crippen molar-refractivity contribution in [3.8, 4) is 0 Å². The van der Waals surface area contributed by atoms with Gasteiger partial charge in [-0.15, -0.1) is 0 Å². The second-order valence-electron chi connectivity index (χ2n) is 3.43. The fraction of sp³-hybridized carbons (Fsp3) is 0.556. The number of hydrogen-bond donors (Lipinski definition) is 1. The van der Waals surface area contributed by atoms with Crippen LogP contribution in [0.5, 0.6) is 0 Å². The minimum absolute atomic E-state index is 0.142. The number of aromatic nitrogens is 1. The van der Waals surface area contributed by atoms with E-state index in [0.717, 1.165) is 18.9 Å². The molecule has 1 atom stereocenters. The fourth-order valence-electron chi connectivity index (χ4n) is 1.51. The molecule has 2 N–H and O–H groups in total. The van der Waals surface area contributed by atoms with Crippen LogP contribution in [0.3, 0.4) is 0 Å². The largest absolute Gasteiger partial charge is 0.447 e. The molecule has 1 unspecified atom stereocenters. The van der Waals surface area contributed by atoms with Crippen LogP contribution in [0.2, 0.25) is 0 Å². The number of nitrogens with zero attached hydrogens (tertiary/aromatic N) is 3. The Morgan fingerprint density at radius 1 is 1.71 bits per heavy atom. The topological polar surface area (TPSA) is 67.7 Å². The highest BCUT2D eigenvalue weighted by molar-refractivity contribution is 5.84. The van der Waals surface area contributed by atoms with Gasteiger partial charge in [-0.2, -0.15) is 0 Å². The summed E-state index contributed by atoms with van der Waals surface area (Å²) in [5.41, 5.74) is 5.94. The molecule has 5 nitrogen and oxygen atoms in total. The van der Waals surface area contributed by atoms with E-state index in [9.17, 15) is 0 Å². The van der Waals surface area contributed by atoms with Gasteiger partial charge in [0.2, 0.25) is 0 Å². The van der Waals surface area contributed by atoms with Crippen molar-refractivity contribution in [2.24, 2.45) is 10.7 Å². The molecule has 2 heterocycles. The quantitative estimate of drug-likeness (QED) is 0.756. The summed E-state index contributed by atoms with van der Waals surface area (Å²) in [4.78, 5) is 10.3. The lowest BCUT2D eigenvalue weighted by Crippen LogP contribution is -2.26. The molecule has 0 bridgehead atoms. The first kappa shape index (κ1) is 9.21. The molecular weight excluding hydrogens is 180 g/mol. The third-order valence-electron chi connectivity index (χ3n) is 2.39. The lowest BCUT2D eigenvalue weighted by Gasteiger charge is -2.15. The molecule has 5 heteroatoms. The van der Waals surface area contributed by atoms with Gasteiger partial charge in [0.25, 0.3) is 0 Å². The average Bonchev–Trinajstić information content (AvgIpc) is 2.77. The Bertz CT molecular complexity index is 320. The van der Waals surface area contributed by atoms with E-state index in [1.165, 1.54) is 6.39 Å². The van der Waals surface area contributed by atoms with E-state index in [1.807, 2.05) is 7.05 Å². The Morgan fingerprint density at radius 3 is 3.14 bits per heavy atom. The zero-order valence-electron chi connectivity index (χ0n) is 8.18. The fourth-order valence-corrected chi connectivity index (χ4v) is 1.51. The molecule has 1 aromatic rings. The number of oxazole rings is 1. The van der Waals surface area contributed by atoms with Crippen LogP contribution in [0.25, 0.3) is 0 Å². The second kappa shape index (κ2) is 3.79. The molecule has 14 heavy (non-hydrogen) atoms. The van der Waals surface area contributed by atoms with Gasteiger partial charge in [0, 0.05) is 20.0 Å². The molecule has 1 aliphatic rings. The van der Waals surface area contributed by atoms with Crippen LogP contribution in [0.1, 0.15) is 18.2 Å². The number of nitrogens with two attached hydrogens (primary N) is 1. The SMILES string of the molecule is CN1CCN=C1CC(N)c1cnco1. The molecular formula is C9H14N4O. The van der Waals surface area contributed by atoms with Gasteiger partial charge in [-0.05, 0) is 0 Å². The van der Waals surface area contributed by atoms with E-state index in [0.29, 0.717) is 12.2 Å². The van der Waals surface area contributed by atoms with Crippen LogP contribution >= 0.6 is 0 Å². The summed E-state index contributed by atoms with van der Waals surface area (Å²) in [7, 11) is 2.03. The first-order valence-corrected chi connectivity index (χ1v) is 4.66. The van der Waals surface area contributed by atoms with Crippen LogP contribution in [-0.2, 0) is 0 Å². The lowest BCUT2D eigenvalue weighted by atomic mass is 10.1. The van der Waals surface area contributed by atoms with Gasteiger partial charge in [-0.1, -0.05) is 0 Å². The van der Waals surface area contributed by atoms with Crippen molar-refractivity contribution >= 4 is 5.84 Å². The van der Waals surface area contributed by atoms with Crippen molar-refractivity contribution in [1.82, 2.24) is 9.88 Å². The molecule has 2 rings (SSSR count). The molecule has 0 radical (unpaired) electrons. The van der Waals surface area contributed by atoms with Gasteiger partial charge in [-0.25, -0.2) is 4.98 Å². The molecule has 0 saturated carbocycles. The molecule has 76 valence electrons. The van der Waals surface area contributed by atoms with E-state index >= 15 is 0 Å². The molecule has 0 amide bonds. The Labute approximate surface area is 82.6 Å². The van der Waals surface area contributed by atoms with Gasteiger partial charge < -0.3 is 15.1 Å². The summed E-state index contributed by atoms with van der Waals surface area (Å²) in [5.74, 6) is 1.77. The monoisotopic (exact) mass is 194 g/mol. The lowest BCUT2D eigenvalue weighted by molar-refractivity contribution is 0.457. The van der Waals surface area contributed by atoms with Crippen LogP contribution in [0.4, 0.5) is 0 Å². The Morgan fingerprint density at radius 2 is 2.57 bits per heavy atom. The van der Waals surface area contributed by atoms with E-state index in [2.05, 4.69) is 14.9 Å². The Balaban J connectivity index is 1.98. The van der Waals surface area contributed by atoms with Crippen molar-refractivity contribution in [3.63, 3.8) is 0 Å². The van der Waals surface area contributed by atoms with Crippen LogP contribution in [0.15, 0.2) is 22.0 Å². The number of hydrogen-bond acceptors (Lipinski definition) is 5. The summed E-state index contributed by atoms with van der Waals surface area (Å²) in [6, 6.07) is -0.142. The molecule has 0 spiro atoms. The number of likely N-dealkylation sites (N-methyl/N-ethyl adjacent to an activating group) is 1. The highest BCUT2D eigenvalue weighted by atomic mass is 16.3. The third-order valence-corrected chi connectivity index (χ3v) is 2.39. The highest BCUT2D eigenvalue weighted by Crippen LogP contribution is 2.16. The number of aliphatic imine (C=N–C) groups is 1. The highest BCUT2D eigenvalue weighted by Gasteiger charge is 2.18. The predicted octanol–water partition coefficient (Wildman–Crippen LogP) is 0.408. The molecule has 0 saturated heterocycles. The van der Waals surface area contributed by atoms with Crippen molar-refractivity contribution in [2.75, 3.05) is 20.1 Å². The van der Waals surface area contributed by atoms with Gasteiger partial charge in [0.1, 0.15) is 11.6 Å². The Hall–Kier alpha value is -1.36. The molecule has 0 aromatic carbocycles. The van der Waals surface area contributed by atoms with Crippen molar-refractivity contribution in [1.29, 1.82) is 0 Å². The molecule has 1 aliphatic heterocycles. The first-order chi connectivity index (χ1) is 6.77. The van der Waals surface area contributed by atoms with Gasteiger partial charge in [0.15, 0.2) is 6.39 Å². The molecule has 0 fully saturated rings. The summed E-state index contributed by atoms with van der Waals surface area (Å²) in [6.07, 6.45) is 3.77. The zero-order chi connectivity index (χ0) is 9.97. The number of amidine groups is 1. The van der Waals surface area contributed by atoms with Gasteiger partial charge in [0.05, 0.1) is 18.8 Å². The Kier molecular flexibility index (Phi) is 2.49. The minimum Gasteiger partial charge on any atom is -0.447 e. The second-order valence-corrected chi connectivity index (χ2v) is 3.43. The van der Waals surface area contributed by atoms with Crippen LogP contribution in [0, 0.1) is 0 Å². The zero-order valence-corrected chi connectivity index (χ0v) is 8.18. The summed E-state index contributed by atoms with van der Waals surface area (Å²) in [6.45, 7) is 1.85. The number of rotatable bonds is 3. The smallest absolute Gasteiger partial charge is 0.180 e. The third kappa shape index (κ3) is 1.77.